The van der Waals surface area contributed by atoms with Crippen LogP contribution in [0.5, 0.6) is 11.5 Å². The summed E-state index contributed by atoms with van der Waals surface area (Å²) in [6.45, 7) is 0. The summed E-state index contributed by atoms with van der Waals surface area (Å²) in [5.41, 5.74) is 0.571. The van der Waals surface area contributed by atoms with E-state index in [-0.39, 0.29) is 35.3 Å². The summed E-state index contributed by atoms with van der Waals surface area (Å²) in [4.78, 5) is 11.7. The van der Waals surface area contributed by atoms with Gasteiger partial charge >= 0.3 is 0 Å². The highest BCUT2D eigenvalue weighted by molar-refractivity contribution is 7.84. The number of halogens is 1. The third-order valence-corrected chi connectivity index (χ3v) is 3.84. The number of nitriles is 1. The predicted octanol–water partition coefficient (Wildman–Crippen LogP) is 3.20. The van der Waals surface area contributed by atoms with Crippen molar-refractivity contribution in [1.82, 2.24) is 0 Å². The number of carbonyl (C=O) groups excluding carboxylic acids is 1. The van der Waals surface area contributed by atoms with Gasteiger partial charge in [-0.15, -0.1) is 0 Å². The summed E-state index contributed by atoms with van der Waals surface area (Å²) in [6.07, 6.45) is 1.61. The first-order chi connectivity index (χ1) is 11.5. The van der Waals surface area contributed by atoms with Gasteiger partial charge in [0.15, 0.2) is 11.6 Å². The van der Waals surface area contributed by atoms with Crippen molar-refractivity contribution in [2.75, 3.05) is 17.3 Å². The lowest BCUT2D eigenvalue weighted by molar-refractivity contribution is -0.115. The quantitative estimate of drug-likeness (QED) is 0.871. The van der Waals surface area contributed by atoms with Crippen LogP contribution in [0.3, 0.4) is 0 Å². The highest BCUT2D eigenvalue weighted by Gasteiger charge is 2.10. The van der Waals surface area contributed by atoms with Gasteiger partial charge in [-0.05, 0) is 24.3 Å². The van der Waals surface area contributed by atoms with Gasteiger partial charge in [0.1, 0.15) is 11.8 Å². The van der Waals surface area contributed by atoms with Crippen LogP contribution in [0, 0.1) is 17.1 Å². The number of nitrogens with zero attached hydrogens (tertiary/aromatic N) is 1. The number of ether oxygens (including phenoxy) is 1. The molecule has 2 rings (SSSR count). The van der Waals surface area contributed by atoms with E-state index in [2.05, 4.69) is 5.32 Å². The van der Waals surface area contributed by atoms with Crippen LogP contribution in [0.4, 0.5) is 10.1 Å². The molecule has 0 heterocycles. The molecule has 1 atom stereocenters. The summed E-state index contributed by atoms with van der Waals surface area (Å²) >= 11 is 0. The Kier molecular flexibility index (Phi) is 6.04. The van der Waals surface area contributed by atoms with Gasteiger partial charge in [-0.1, -0.05) is 12.1 Å². The molecule has 5 nitrogen and oxygen atoms in total. The second kappa shape index (κ2) is 8.22. The first-order valence-electron chi connectivity index (χ1n) is 7.06. The molecule has 0 saturated heterocycles. The van der Waals surface area contributed by atoms with E-state index in [9.17, 15) is 13.4 Å². The molecule has 0 saturated carbocycles. The third kappa shape index (κ3) is 4.89. The van der Waals surface area contributed by atoms with Crippen molar-refractivity contribution in [2.45, 2.75) is 6.42 Å². The van der Waals surface area contributed by atoms with Gasteiger partial charge in [-0.3, -0.25) is 9.00 Å². The molecule has 2 aromatic carbocycles. The molecule has 0 radical (unpaired) electrons. The molecule has 1 amide bonds. The monoisotopic (exact) mass is 346 g/mol. The van der Waals surface area contributed by atoms with Crippen LogP contribution in [0.15, 0.2) is 42.5 Å². The zero-order chi connectivity index (χ0) is 17.5. The summed E-state index contributed by atoms with van der Waals surface area (Å²) in [6, 6.07) is 12.5. The van der Waals surface area contributed by atoms with Gasteiger partial charge in [0.2, 0.25) is 5.91 Å². The minimum absolute atomic E-state index is 0.0506. The lowest BCUT2D eigenvalue weighted by Crippen LogP contribution is -2.14. The molecule has 7 heteroatoms. The van der Waals surface area contributed by atoms with Gasteiger partial charge in [-0.2, -0.15) is 5.26 Å². The first kappa shape index (κ1) is 17.6. The molecule has 2 aromatic rings. The number of benzene rings is 2. The maximum absolute atomic E-state index is 14.1. The fraction of sp³-hybridized carbons (Fsp3) is 0.176. The van der Waals surface area contributed by atoms with E-state index in [4.69, 9.17) is 10.00 Å². The molecule has 1 unspecified atom stereocenters. The Bertz CT molecular complexity index is 818. The highest BCUT2D eigenvalue weighted by atomic mass is 32.2. The van der Waals surface area contributed by atoms with Crippen LogP contribution in [0.25, 0.3) is 0 Å². The van der Waals surface area contributed by atoms with Gasteiger partial charge in [0, 0.05) is 41.0 Å². The predicted molar refractivity (Wildman–Crippen MR) is 89.8 cm³/mol. The van der Waals surface area contributed by atoms with E-state index in [0.29, 0.717) is 5.56 Å². The molecule has 24 heavy (non-hydrogen) atoms. The van der Waals surface area contributed by atoms with E-state index < -0.39 is 16.6 Å². The average Bonchev–Trinajstić information content (AvgIpc) is 2.56. The molecule has 0 spiro atoms. The molecule has 0 aliphatic rings. The standard InChI is InChI=1S/C17H15FN2O3S/c1-24(22)9-8-17(21)20-13-6-7-16(14(18)10-13)23-15-5-3-2-4-12(15)11-19/h2-7,10H,8-9H2,1H3,(H,20,21). The number of anilines is 1. The van der Waals surface area contributed by atoms with Gasteiger partial charge in [-0.25, -0.2) is 4.39 Å². The van der Waals surface area contributed by atoms with Crippen molar-refractivity contribution in [2.24, 2.45) is 0 Å². The summed E-state index contributed by atoms with van der Waals surface area (Å²) in [7, 11) is -1.06. The number of nitrogens with one attached hydrogen (secondary N) is 1. The lowest BCUT2D eigenvalue weighted by Gasteiger charge is -2.10. The van der Waals surface area contributed by atoms with Crippen molar-refractivity contribution < 1.29 is 18.1 Å². The number of hydrogen-bond acceptors (Lipinski definition) is 4. The fourth-order valence-corrected chi connectivity index (χ4v) is 2.36. The SMILES string of the molecule is CS(=O)CCC(=O)Nc1ccc(Oc2ccccc2C#N)c(F)c1. The second-order valence-corrected chi connectivity index (χ2v) is 6.49. The van der Waals surface area contributed by atoms with Crippen molar-refractivity contribution in [3.63, 3.8) is 0 Å². The van der Waals surface area contributed by atoms with Crippen molar-refractivity contribution in [3.05, 3.63) is 53.8 Å². The second-order valence-electron chi connectivity index (χ2n) is 4.93. The molecular weight excluding hydrogens is 331 g/mol. The summed E-state index contributed by atoms with van der Waals surface area (Å²) in [5.74, 6) is -0.556. The maximum Gasteiger partial charge on any atom is 0.225 e. The van der Waals surface area contributed by atoms with Crippen molar-refractivity contribution >= 4 is 22.4 Å². The molecular formula is C17H15FN2O3S. The molecule has 1 N–H and O–H groups in total. The number of carbonyl (C=O) groups is 1. The van der Waals surface area contributed by atoms with Crippen LogP contribution in [0.2, 0.25) is 0 Å². The number of amides is 1. The van der Waals surface area contributed by atoms with E-state index in [1.807, 2.05) is 6.07 Å². The van der Waals surface area contributed by atoms with E-state index in [1.165, 1.54) is 18.4 Å². The zero-order valence-corrected chi connectivity index (χ0v) is 13.7. The normalized spacial score (nSPS) is 11.4. The maximum atomic E-state index is 14.1. The van der Waals surface area contributed by atoms with Gasteiger partial charge in [0.05, 0.1) is 5.56 Å². The molecule has 0 fully saturated rings. The summed E-state index contributed by atoms with van der Waals surface area (Å²) < 4.78 is 30.5. The van der Waals surface area contributed by atoms with E-state index in [0.717, 1.165) is 6.07 Å². The molecule has 124 valence electrons. The van der Waals surface area contributed by atoms with Gasteiger partial charge in [0.25, 0.3) is 0 Å². The molecule has 0 bridgehead atoms. The van der Waals surface area contributed by atoms with E-state index >= 15 is 0 Å². The molecule has 0 aliphatic carbocycles. The van der Waals surface area contributed by atoms with Crippen LogP contribution >= 0.6 is 0 Å². The smallest absolute Gasteiger partial charge is 0.225 e. The number of para-hydroxylation sites is 1. The van der Waals surface area contributed by atoms with Crippen LogP contribution in [-0.4, -0.2) is 22.1 Å². The Hall–Kier alpha value is -2.72. The highest BCUT2D eigenvalue weighted by Crippen LogP contribution is 2.28. The number of hydrogen-bond donors (Lipinski definition) is 1. The van der Waals surface area contributed by atoms with Gasteiger partial charge < -0.3 is 10.1 Å². The lowest BCUT2D eigenvalue weighted by atomic mass is 10.2. The van der Waals surface area contributed by atoms with Crippen molar-refractivity contribution in [3.8, 4) is 17.6 Å². The van der Waals surface area contributed by atoms with Crippen LogP contribution in [-0.2, 0) is 15.6 Å². The minimum atomic E-state index is -1.06. The Balaban J connectivity index is 2.08. The first-order valence-corrected chi connectivity index (χ1v) is 8.78. The molecule has 0 aliphatic heterocycles. The largest absolute Gasteiger partial charge is 0.453 e. The Labute approximate surface area is 141 Å². The number of rotatable bonds is 6. The van der Waals surface area contributed by atoms with E-state index in [1.54, 1.807) is 24.3 Å². The van der Waals surface area contributed by atoms with Crippen LogP contribution < -0.4 is 10.1 Å². The van der Waals surface area contributed by atoms with Crippen LogP contribution in [0.1, 0.15) is 12.0 Å². The Morgan fingerprint density at radius 2 is 2.04 bits per heavy atom. The molecule has 0 aromatic heterocycles. The minimum Gasteiger partial charge on any atom is -0.453 e. The topological polar surface area (TPSA) is 79.2 Å². The average molecular weight is 346 g/mol. The Morgan fingerprint density at radius 3 is 2.71 bits per heavy atom. The third-order valence-electron chi connectivity index (χ3n) is 3.06. The van der Waals surface area contributed by atoms with Crippen molar-refractivity contribution in [1.29, 1.82) is 5.26 Å². The fourth-order valence-electron chi connectivity index (χ4n) is 1.89. The summed E-state index contributed by atoms with van der Waals surface area (Å²) in [5, 5.41) is 11.5. The Morgan fingerprint density at radius 1 is 1.29 bits per heavy atom. The zero-order valence-electron chi connectivity index (χ0n) is 12.9.